The molecule has 1 aliphatic heterocycles. The summed E-state index contributed by atoms with van der Waals surface area (Å²) >= 11 is 0. The van der Waals surface area contributed by atoms with E-state index in [1.165, 1.54) is 28.4 Å². The van der Waals surface area contributed by atoms with Gasteiger partial charge in [-0.25, -0.2) is 19.2 Å². The third-order valence-electron chi connectivity index (χ3n) is 11.0. The topological polar surface area (TPSA) is 162 Å². The Morgan fingerprint density at radius 3 is 0.677 bits per heavy atom. The van der Waals surface area contributed by atoms with Crippen LogP contribution in [0.5, 0.6) is 0 Å². The molecule has 0 saturated heterocycles. The summed E-state index contributed by atoms with van der Waals surface area (Å²) in [5, 5.41) is 2.40. The molecule has 8 aromatic rings. The molecule has 65 heavy (non-hydrogen) atoms. The number of hydrogen-bond donors (Lipinski definition) is 0. The molecule has 0 saturated carbocycles. The molecule has 0 N–H and O–H groups in total. The van der Waals surface area contributed by atoms with Crippen LogP contribution in [0.2, 0.25) is 0 Å². The van der Waals surface area contributed by atoms with Gasteiger partial charge in [0.1, 0.15) is 0 Å². The van der Waals surface area contributed by atoms with Gasteiger partial charge in [-0.2, -0.15) is 0 Å². The molecule has 0 fully saturated rings. The average molecular weight is 908 g/mol. The Morgan fingerprint density at radius 2 is 0.492 bits per heavy atom. The number of methoxy groups -OCH3 is 4. The van der Waals surface area contributed by atoms with Gasteiger partial charge in [-0.15, -0.1) is 44.2 Å². The zero-order chi connectivity index (χ0) is 44.5. The van der Waals surface area contributed by atoms with E-state index in [1.807, 2.05) is 97.1 Å². The van der Waals surface area contributed by atoms with Gasteiger partial charge in [-0.1, -0.05) is 97.1 Å². The van der Waals surface area contributed by atoms with Crippen molar-refractivity contribution in [3.05, 3.63) is 234 Å². The number of rotatable bonds is 8. The molecule has 0 amide bonds. The molecular formula is C52H36CuN4O8-4. The summed E-state index contributed by atoms with van der Waals surface area (Å²) < 4.78 is 19.9. The molecule has 8 bridgehead atoms. The Bertz CT molecular complexity index is 2930. The zero-order valence-electron chi connectivity index (χ0n) is 35.2. The normalized spacial score (nSPS) is 15.3. The van der Waals surface area contributed by atoms with Gasteiger partial charge in [0.15, 0.2) is 0 Å². The summed E-state index contributed by atoms with van der Waals surface area (Å²) in [6.07, 6.45) is 0. The molecule has 4 aromatic carbocycles. The van der Waals surface area contributed by atoms with E-state index in [0.29, 0.717) is 88.7 Å². The Labute approximate surface area is 382 Å². The van der Waals surface area contributed by atoms with E-state index >= 15 is 0 Å². The summed E-state index contributed by atoms with van der Waals surface area (Å²) in [7, 11) is 5.35. The Balaban J connectivity index is 0.00000576. The minimum atomic E-state index is -0.464. The number of ether oxygens (including phenoxy) is 4. The second-order valence-corrected chi connectivity index (χ2v) is 14.6. The van der Waals surface area contributed by atoms with E-state index in [1.54, 1.807) is 48.5 Å². The van der Waals surface area contributed by atoms with Gasteiger partial charge in [0.25, 0.3) is 0 Å². The van der Waals surface area contributed by atoms with Crippen LogP contribution in [0.1, 0.15) is 86.5 Å². The van der Waals surface area contributed by atoms with E-state index < -0.39 is 23.9 Å². The third kappa shape index (κ3) is 8.29. The van der Waals surface area contributed by atoms with E-state index in [9.17, 15) is 19.2 Å². The van der Waals surface area contributed by atoms with Crippen molar-refractivity contribution in [3.63, 3.8) is 0 Å². The summed E-state index contributed by atoms with van der Waals surface area (Å²) in [4.78, 5) is 70.9. The van der Waals surface area contributed by atoms with Crippen molar-refractivity contribution in [2.75, 3.05) is 28.4 Å². The van der Waals surface area contributed by atoms with Crippen LogP contribution in [0, 0.1) is 0 Å². The fourth-order valence-corrected chi connectivity index (χ4v) is 7.83. The number of carbonyl (C=O) groups is 4. The Morgan fingerprint density at radius 1 is 0.292 bits per heavy atom. The summed E-state index contributed by atoms with van der Waals surface area (Å²) in [5.74, 6) is -1.86. The molecule has 0 unspecified atom stereocenters. The minimum Gasteiger partial charge on any atom is -0.657 e. The van der Waals surface area contributed by atoms with Crippen molar-refractivity contribution in [1.82, 2.24) is 19.9 Å². The van der Waals surface area contributed by atoms with Crippen molar-refractivity contribution in [1.29, 1.82) is 0 Å². The fraction of sp³-hybridized carbons (Fsp3) is 0.0769. The van der Waals surface area contributed by atoms with Crippen LogP contribution in [0.4, 0.5) is 0 Å². The molecule has 13 heteroatoms. The van der Waals surface area contributed by atoms with Crippen molar-refractivity contribution >= 4 is 46.2 Å². The number of fused-ring (bicyclic) bond motifs is 8. The van der Waals surface area contributed by atoms with E-state index in [-0.39, 0.29) is 17.1 Å². The SMILES string of the molecule is COC(=O)c1ccc(/C2=c3\cc/c([n-]3)=C(\c3ccc(C(=O)OC)cc3)c3ccc([n-]3)/C(c3ccc(C(=O)OC)cc3)=c3/cc/c([n-]3)=C(\c3ccc(C(=O)OC)cc3)c3ccc2[n-]3)cc1.[Cu]. The molecule has 9 rings (SSSR count). The van der Waals surface area contributed by atoms with Crippen LogP contribution in [0.15, 0.2) is 146 Å². The predicted molar refractivity (Wildman–Crippen MR) is 235 cm³/mol. The van der Waals surface area contributed by atoms with Crippen molar-refractivity contribution < 1.29 is 55.2 Å². The maximum atomic E-state index is 12.5. The van der Waals surface area contributed by atoms with Gasteiger partial charge in [0.2, 0.25) is 0 Å². The Kier molecular flexibility index (Phi) is 12.3. The maximum Gasteiger partial charge on any atom is 0.337 e. The van der Waals surface area contributed by atoms with Gasteiger partial charge in [-0.05, 0) is 93.1 Å². The second-order valence-electron chi connectivity index (χ2n) is 14.6. The molecule has 4 aromatic heterocycles. The maximum absolute atomic E-state index is 12.5. The number of esters is 4. The summed E-state index contributed by atoms with van der Waals surface area (Å²) in [6.45, 7) is 0. The van der Waals surface area contributed by atoms with Gasteiger partial charge < -0.3 is 38.9 Å². The van der Waals surface area contributed by atoms with Crippen LogP contribution in [-0.2, 0) is 36.0 Å². The average Bonchev–Trinajstić information content (AvgIpc) is 4.20. The van der Waals surface area contributed by atoms with Crippen LogP contribution in [-0.4, -0.2) is 52.3 Å². The summed E-state index contributed by atoms with van der Waals surface area (Å²) in [5.41, 5.74) is 9.71. The quantitative estimate of drug-likeness (QED) is 0.123. The number of benzene rings is 4. The zero-order valence-corrected chi connectivity index (χ0v) is 36.2. The molecular weight excluding hydrogens is 872 g/mol. The molecule has 0 spiro atoms. The third-order valence-corrected chi connectivity index (χ3v) is 11.0. The largest absolute Gasteiger partial charge is 0.657 e. The second kappa shape index (κ2) is 18.3. The Hall–Kier alpha value is -8.12. The number of aromatic nitrogens is 4. The molecule has 12 nitrogen and oxygen atoms in total. The molecule has 1 aliphatic rings. The standard InChI is InChI=1S/C52H38N4O8.Cu/c1-61-49(57)33-13-5-29(6-14-33)45-37-21-23-39(53-37)46(30-7-15-34(16-8-30)50(58)62-2)41-25-27-43(55-41)48(32-11-19-36(20-12-32)52(60)64-4)44-28-26-42(56-44)47(40-24-22-38(45)54-40)31-9-17-35(18-10-31)51(59)63-3;/h5-28H,1-4H3,(H2-2,53,54,55,56,57,58,59,60);/q-2;/p-2/b45-37-,45-38?,46-39-,46-41?,47-40?,47-42-,48-43?,48-44-;. The van der Waals surface area contributed by atoms with Crippen molar-refractivity contribution in [3.8, 4) is 0 Å². The first-order valence-corrected chi connectivity index (χ1v) is 20.0. The van der Waals surface area contributed by atoms with Gasteiger partial charge in [0, 0.05) is 17.1 Å². The molecule has 1 radical (unpaired) electrons. The summed E-state index contributed by atoms with van der Waals surface area (Å²) in [6, 6.07) is 43.6. The fourth-order valence-electron chi connectivity index (χ4n) is 7.83. The van der Waals surface area contributed by atoms with Gasteiger partial charge in [-0.3, -0.25) is 0 Å². The van der Waals surface area contributed by atoms with Crippen LogP contribution >= 0.6 is 0 Å². The minimum absolute atomic E-state index is 0. The monoisotopic (exact) mass is 907 g/mol. The number of carbonyl (C=O) groups excluding carboxylic acids is 4. The van der Waals surface area contributed by atoms with Crippen LogP contribution in [0.3, 0.4) is 0 Å². The van der Waals surface area contributed by atoms with Crippen LogP contribution < -0.4 is 41.3 Å². The van der Waals surface area contributed by atoms with Crippen molar-refractivity contribution in [2.24, 2.45) is 0 Å². The molecule has 5 heterocycles. The smallest absolute Gasteiger partial charge is 0.337 e. The van der Waals surface area contributed by atoms with E-state index in [2.05, 4.69) is 0 Å². The van der Waals surface area contributed by atoms with Crippen molar-refractivity contribution in [2.45, 2.75) is 0 Å². The van der Waals surface area contributed by atoms with E-state index in [4.69, 9.17) is 38.9 Å². The van der Waals surface area contributed by atoms with Gasteiger partial charge >= 0.3 is 23.9 Å². The van der Waals surface area contributed by atoms with Crippen LogP contribution in [0.25, 0.3) is 22.3 Å². The molecule has 327 valence electrons. The number of hydrogen-bond acceptors (Lipinski definition) is 8. The first kappa shape index (κ1) is 43.5. The first-order valence-electron chi connectivity index (χ1n) is 20.0. The first-order chi connectivity index (χ1) is 31.2. The molecule has 0 atom stereocenters. The van der Waals surface area contributed by atoms with E-state index in [0.717, 1.165) is 22.3 Å². The number of nitrogens with zero attached hydrogens (tertiary/aromatic N) is 4. The molecule has 0 aliphatic carbocycles. The van der Waals surface area contributed by atoms with Gasteiger partial charge in [0.05, 0.1) is 50.7 Å². The predicted octanol–water partition coefficient (Wildman–Crippen LogP) is 3.96.